The topological polar surface area (TPSA) is 69.4 Å². The predicted molar refractivity (Wildman–Crippen MR) is 58.8 cm³/mol. The maximum absolute atomic E-state index is 13.3. The number of ether oxygens (including phenoxy) is 1. The van der Waals surface area contributed by atoms with E-state index in [1.807, 2.05) is 0 Å². The van der Waals surface area contributed by atoms with Crippen molar-refractivity contribution >= 4 is 11.7 Å². The summed E-state index contributed by atoms with van der Waals surface area (Å²) in [7, 11) is 0. The summed E-state index contributed by atoms with van der Waals surface area (Å²) in [6, 6.07) is 1.58. The van der Waals surface area contributed by atoms with Crippen LogP contribution >= 0.6 is 0 Å². The van der Waals surface area contributed by atoms with Gasteiger partial charge in [0.2, 0.25) is 0 Å². The van der Waals surface area contributed by atoms with Crippen LogP contribution < -0.4 is 0 Å². The third-order valence-corrected chi connectivity index (χ3v) is 2.61. The molecule has 0 aliphatic rings. The highest BCUT2D eigenvalue weighted by Crippen LogP contribution is 2.47. The van der Waals surface area contributed by atoms with Crippen molar-refractivity contribution in [1.82, 2.24) is 0 Å². The van der Waals surface area contributed by atoms with Crippen molar-refractivity contribution in [3.63, 3.8) is 0 Å². The van der Waals surface area contributed by atoms with Crippen molar-refractivity contribution in [3.05, 3.63) is 39.7 Å². The summed E-state index contributed by atoms with van der Waals surface area (Å²) in [5.41, 5.74) is -1.63. The quantitative estimate of drug-likeness (QED) is 0.345. The zero-order valence-electron chi connectivity index (χ0n) is 11.0. The Bertz CT molecular complexity index is 658. The first-order valence-electron chi connectivity index (χ1n) is 5.64. The minimum Gasteiger partial charge on any atom is -0.456 e. The summed E-state index contributed by atoms with van der Waals surface area (Å²) in [5, 5.41) is 10.4. The van der Waals surface area contributed by atoms with Gasteiger partial charge >= 0.3 is 24.0 Å². The molecule has 0 N–H and O–H groups in total. The number of carbonyl (C=O) groups excluding carboxylic acids is 1. The first kappa shape index (κ1) is 19.6. The van der Waals surface area contributed by atoms with Crippen molar-refractivity contribution in [3.8, 4) is 0 Å². The molecule has 24 heavy (non-hydrogen) atoms. The lowest BCUT2D eigenvalue weighted by Gasteiger charge is -2.26. The highest BCUT2D eigenvalue weighted by molar-refractivity contribution is 5.79. The van der Waals surface area contributed by atoms with Gasteiger partial charge in [-0.2, -0.15) is 30.7 Å². The molecular weight excluding hydrogens is 362 g/mol. The van der Waals surface area contributed by atoms with Gasteiger partial charge in [-0.25, -0.2) is 9.18 Å². The van der Waals surface area contributed by atoms with E-state index in [1.165, 1.54) is 0 Å². The minimum absolute atomic E-state index is 0.433. The maximum Gasteiger partial charge on any atom is 0.460 e. The summed E-state index contributed by atoms with van der Waals surface area (Å²) in [4.78, 5) is 20.3. The number of alkyl halides is 7. The molecule has 0 radical (unpaired) electrons. The van der Waals surface area contributed by atoms with Crippen LogP contribution in [0.2, 0.25) is 0 Å². The summed E-state index contributed by atoms with van der Waals surface area (Å²) in [5.74, 6) is -17.6. The average Bonchev–Trinajstić information content (AvgIpc) is 2.44. The number of non-ortho nitro benzene ring substituents is 1. The highest BCUT2D eigenvalue weighted by Gasteiger charge is 2.77. The van der Waals surface area contributed by atoms with Gasteiger partial charge in [0, 0.05) is 17.7 Å². The molecule has 0 aromatic heterocycles. The molecule has 0 spiro atoms. The van der Waals surface area contributed by atoms with Crippen LogP contribution in [0.15, 0.2) is 18.2 Å². The molecule has 5 nitrogen and oxygen atoms in total. The van der Waals surface area contributed by atoms with Gasteiger partial charge in [0.15, 0.2) is 0 Å². The molecule has 0 aliphatic heterocycles. The molecule has 0 heterocycles. The second kappa shape index (κ2) is 6.20. The zero-order valence-corrected chi connectivity index (χ0v) is 11.0. The second-order valence-electron chi connectivity index (χ2n) is 4.26. The van der Waals surface area contributed by atoms with Gasteiger partial charge in [-0.3, -0.25) is 10.1 Å². The second-order valence-corrected chi connectivity index (χ2v) is 4.26. The molecule has 134 valence electrons. The minimum atomic E-state index is -6.74. The SMILES string of the molecule is O=C(OCc1cc([N+](=O)[O-])ccc1F)C(F)(F)C(F)(F)C(F)(F)F. The predicted octanol–water partition coefficient (Wildman–Crippen LogP) is 3.61. The van der Waals surface area contributed by atoms with Crippen molar-refractivity contribution in [2.24, 2.45) is 0 Å². The van der Waals surface area contributed by atoms with Crippen LogP contribution in [0.3, 0.4) is 0 Å². The molecule has 13 heteroatoms. The molecule has 1 aromatic carbocycles. The Morgan fingerprint density at radius 3 is 2.12 bits per heavy atom. The van der Waals surface area contributed by atoms with Crippen LogP contribution in [0.25, 0.3) is 0 Å². The lowest BCUT2D eigenvalue weighted by molar-refractivity contribution is -0.385. The van der Waals surface area contributed by atoms with Gasteiger partial charge in [0.25, 0.3) is 5.69 Å². The summed E-state index contributed by atoms with van der Waals surface area (Å²) in [6.07, 6.45) is -6.74. The third-order valence-electron chi connectivity index (χ3n) is 2.61. The lowest BCUT2D eigenvalue weighted by atomic mass is 10.1. The van der Waals surface area contributed by atoms with E-state index in [9.17, 15) is 50.0 Å². The third kappa shape index (κ3) is 3.54. The van der Waals surface area contributed by atoms with Crippen molar-refractivity contribution < 1.29 is 49.6 Å². The highest BCUT2D eigenvalue weighted by atomic mass is 19.4. The van der Waals surface area contributed by atoms with Crippen molar-refractivity contribution in [2.75, 3.05) is 0 Å². The number of halogens is 8. The van der Waals surface area contributed by atoms with Crippen LogP contribution in [0.5, 0.6) is 0 Å². The smallest absolute Gasteiger partial charge is 0.456 e. The van der Waals surface area contributed by atoms with Crippen molar-refractivity contribution in [1.29, 1.82) is 0 Å². The number of rotatable bonds is 5. The standard InChI is InChI=1S/C11H5F8NO4/c12-7-2-1-6(20(22)23)3-5(7)4-24-8(21)9(13,14)10(15,16)11(17,18)19/h1-3H,4H2. The van der Waals surface area contributed by atoms with Gasteiger partial charge in [0.05, 0.1) is 4.92 Å². The molecule has 1 rings (SSSR count). The number of hydrogen-bond acceptors (Lipinski definition) is 4. The lowest BCUT2D eigenvalue weighted by Crippen LogP contribution is -2.56. The molecule has 0 bridgehead atoms. The fourth-order valence-electron chi connectivity index (χ4n) is 1.33. The van der Waals surface area contributed by atoms with Crippen LogP contribution in [-0.4, -0.2) is 28.9 Å². The summed E-state index contributed by atoms with van der Waals surface area (Å²) < 4.78 is 104. The molecule has 0 atom stereocenters. The molecule has 0 saturated carbocycles. The van der Waals surface area contributed by atoms with E-state index in [2.05, 4.69) is 4.74 Å². The van der Waals surface area contributed by atoms with Crippen LogP contribution in [0, 0.1) is 15.9 Å². The van der Waals surface area contributed by atoms with Gasteiger partial charge in [-0.05, 0) is 6.07 Å². The Balaban J connectivity index is 2.97. The van der Waals surface area contributed by atoms with Crippen molar-refractivity contribution in [2.45, 2.75) is 24.6 Å². The molecule has 0 aliphatic carbocycles. The van der Waals surface area contributed by atoms with E-state index in [-0.39, 0.29) is 0 Å². The number of nitro benzene ring substituents is 1. The fraction of sp³-hybridized carbons (Fsp3) is 0.364. The number of carbonyl (C=O) groups is 1. The van der Waals surface area contributed by atoms with Crippen LogP contribution in [0.4, 0.5) is 40.8 Å². The Morgan fingerprint density at radius 2 is 1.67 bits per heavy atom. The van der Waals surface area contributed by atoms with E-state index in [4.69, 9.17) is 0 Å². The van der Waals surface area contributed by atoms with E-state index < -0.39 is 52.6 Å². The number of esters is 1. The Labute approximate surface area is 127 Å². The number of nitrogens with zero attached hydrogens (tertiary/aromatic N) is 1. The first-order valence-corrected chi connectivity index (χ1v) is 5.64. The van der Waals surface area contributed by atoms with E-state index in [0.29, 0.717) is 18.2 Å². The van der Waals surface area contributed by atoms with Gasteiger partial charge < -0.3 is 4.74 Å². The maximum atomic E-state index is 13.3. The Hall–Kier alpha value is -2.47. The van der Waals surface area contributed by atoms with E-state index in [1.54, 1.807) is 0 Å². The largest absolute Gasteiger partial charge is 0.460 e. The molecule has 0 fully saturated rings. The number of nitro groups is 1. The van der Waals surface area contributed by atoms with E-state index >= 15 is 0 Å². The molecule has 0 saturated heterocycles. The van der Waals surface area contributed by atoms with Gasteiger partial charge in [0.1, 0.15) is 12.4 Å². The van der Waals surface area contributed by atoms with E-state index in [0.717, 1.165) is 0 Å². The molecule has 1 aromatic rings. The summed E-state index contributed by atoms with van der Waals surface area (Å²) >= 11 is 0. The van der Waals surface area contributed by atoms with Crippen LogP contribution in [0.1, 0.15) is 5.56 Å². The molecular formula is C11H5F8NO4. The van der Waals surface area contributed by atoms with Crippen LogP contribution in [-0.2, 0) is 16.1 Å². The Kier molecular flexibility index (Phi) is 5.06. The van der Waals surface area contributed by atoms with Gasteiger partial charge in [-0.1, -0.05) is 0 Å². The molecule has 0 unspecified atom stereocenters. The summed E-state index contributed by atoms with van der Waals surface area (Å²) in [6.45, 7) is -1.52. The normalized spacial score (nSPS) is 12.8. The number of benzene rings is 1. The fourth-order valence-corrected chi connectivity index (χ4v) is 1.33. The molecule has 0 amide bonds. The Morgan fingerprint density at radius 1 is 1.12 bits per heavy atom. The first-order chi connectivity index (χ1) is 10.7. The number of hydrogen-bond donors (Lipinski definition) is 0. The monoisotopic (exact) mass is 367 g/mol. The average molecular weight is 367 g/mol. The van der Waals surface area contributed by atoms with Gasteiger partial charge in [-0.15, -0.1) is 0 Å². The zero-order chi connectivity index (χ0) is 18.9.